The van der Waals surface area contributed by atoms with Gasteiger partial charge >= 0.3 is 0 Å². The molecule has 1 nitrogen and oxygen atoms in total. The van der Waals surface area contributed by atoms with Gasteiger partial charge in [0.1, 0.15) is 5.82 Å². The molecule has 90 valence electrons. The highest BCUT2D eigenvalue weighted by Gasteiger charge is 2.22. The molecule has 0 aliphatic heterocycles. The highest BCUT2D eigenvalue weighted by molar-refractivity contribution is 6.31. The fraction of sp³-hybridized carbons (Fsp3) is 0.455. The molecule has 0 aliphatic rings. The molecule has 0 bridgehead atoms. The van der Waals surface area contributed by atoms with Crippen molar-refractivity contribution in [3.05, 3.63) is 34.6 Å². The molecule has 0 spiro atoms. The molecule has 0 aromatic heterocycles. The maximum Gasteiger partial charge on any atom is 0.129 e. The minimum absolute atomic E-state index is 0.307. The first kappa shape index (κ1) is 14.0. The summed E-state index contributed by atoms with van der Waals surface area (Å²) in [6, 6.07) is 4.60. The van der Waals surface area contributed by atoms with Crippen LogP contribution in [0.25, 0.3) is 0 Å². The fourth-order valence-electron chi connectivity index (χ4n) is 1.13. The smallest absolute Gasteiger partial charge is 0.129 e. The average molecular weight is 285 g/mol. The number of hydrogen-bond donors (Lipinski definition) is 1. The summed E-state index contributed by atoms with van der Waals surface area (Å²) < 4.78 is 13.4. The van der Waals surface area contributed by atoms with Crippen molar-refractivity contribution in [3.8, 4) is 0 Å². The third-order valence-corrected chi connectivity index (χ3v) is 3.88. The van der Waals surface area contributed by atoms with Gasteiger partial charge in [-0.1, -0.05) is 17.7 Å². The molecule has 1 N–H and O–H groups in total. The molecule has 5 heteroatoms. The van der Waals surface area contributed by atoms with E-state index in [9.17, 15) is 4.39 Å². The highest BCUT2D eigenvalue weighted by Crippen LogP contribution is 2.20. The van der Waals surface area contributed by atoms with E-state index in [1.165, 1.54) is 6.07 Å². The second-order valence-corrected chi connectivity index (χ2v) is 4.82. The van der Waals surface area contributed by atoms with Gasteiger partial charge in [0.05, 0.1) is 0 Å². The lowest BCUT2D eigenvalue weighted by Crippen LogP contribution is -2.45. The Bertz CT molecular complexity index is 333. The first-order chi connectivity index (χ1) is 7.52. The van der Waals surface area contributed by atoms with Crippen molar-refractivity contribution in [1.29, 1.82) is 0 Å². The van der Waals surface area contributed by atoms with Crippen molar-refractivity contribution in [2.24, 2.45) is 0 Å². The van der Waals surface area contributed by atoms with E-state index < -0.39 is 5.54 Å². The van der Waals surface area contributed by atoms with Gasteiger partial charge in [0, 0.05) is 34.4 Å². The van der Waals surface area contributed by atoms with Crippen molar-refractivity contribution in [2.75, 3.05) is 11.8 Å². The SMILES string of the molecule is CC(CCl)(CCl)NCc1c(F)cccc1Cl. The number of halogens is 4. The van der Waals surface area contributed by atoms with Crippen LogP contribution in [-0.4, -0.2) is 17.3 Å². The normalized spacial score (nSPS) is 11.8. The summed E-state index contributed by atoms with van der Waals surface area (Å²) in [4.78, 5) is 0. The summed E-state index contributed by atoms with van der Waals surface area (Å²) in [6.07, 6.45) is 0. The predicted molar refractivity (Wildman–Crippen MR) is 68.1 cm³/mol. The summed E-state index contributed by atoms with van der Waals surface area (Å²) in [5.41, 5.74) is 0.0139. The van der Waals surface area contributed by atoms with Crippen LogP contribution in [-0.2, 0) is 6.54 Å². The molecule has 16 heavy (non-hydrogen) atoms. The summed E-state index contributed by atoms with van der Waals surface area (Å²) in [5, 5.41) is 3.51. The zero-order chi connectivity index (χ0) is 12.2. The number of nitrogens with one attached hydrogen (secondary N) is 1. The molecule has 0 aliphatic carbocycles. The molecule has 0 unspecified atom stereocenters. The summed E-state index contributed by atoms with van der Waals surface area (Å²) in [5.74, 6) is 0.372. The van der Waals surface area contributed by atoms with Crippen molar-refractivity contribution in [1.82, 2.24) is 5.32 Å². The van der Waals surface area contributed by atoms with Gasteiger partial charge in [0.2, 0.25) is 0 Å². The van der Waals surface area contributed by atoms with Gasteiger partial charge in [-0.2, -0.15) is 0 Å². The first-order valence-corrected chi connectivity index (χ1v) is 6.27. The van der Waals surface area contributed by atoms with Gasteiger partial charge in [-0.15, -0.1) is 23.2 Å². The van der Waals surface area contributed by atoms with Crippen LogP contribution in [0.1, 0.15) is 12.5 Å². The Hall–Kier alpha value is -0.0200. The quantitative estimate of drug-likeness (QED) is 0.811. The second-order valence-electron chi connectivity index (χ2n) is 3.88. The highest BCUT2D eigenvalue weighted by atomic mass is 35.5. The summed E-state index contributed by atoms with van der Waals surface area (Å²) in [7, 11) is 0. The molecule has 0 atom stereocenters. The predicted octanol–water partition coefficient (Wildman–Crippen LogP) is 3.81. The zero-order valence-electron chi connectivity index (χ0n) is 8.87. The topological polar surface area (TPSA) is 12.0 Å². The van der Waals surface area contributed by atoms with Crippen LogP contribution < -0.4 is 5.32 Å². The van der Waals surface area contributed by atoms with E-state index in [1.807, 2.05) is 6.92 Å². The molecule has 0 fully saturated rings. The van der Waals surface area contributed by atoms with E-state index in [0.717, 1.165) is 0 Å². The molecule has 0 radical (unpaired) electrons. The minimum atomic E-state index is -0.422. The number of benzene rings is 1. The van der Waals surface area contributed by atoms with Gasteiger partial charge in [-0.25, -0.2) is 4.39 Å². The first-order valence-electron chi connectivity index (χ1n) is 4.82. The van der Waals surface area contributed by atoms with E-state index in [2.05, 4.69) is 5.32 Å². The number of hydrogen-bond acceptors (Lipinski definition) is 1. The Morgan fingerprint density at radius 1 is 1.31 bits per heavy atom. The Labute approximate surface area is 110 Å². The molecule has 0 saturated heterocycles. The van der Waals surface area contributed by atoms with E-state index in [1.54, 1.807) is 12.1 Å². The Kier molecular flexibility index (Phi) is 5.32. The van der Waals surface area contributed by atoms with Crippen LogP contribution in [0.4, 0.5) is 4.39 Å². The largest absolute Gasteiger partial charge is 0.305 e. The van der Waals surface area contributed by atoms with Gasteiger partial charge in [-0.3, -0.25) is 0 Å². The van der Waals surface area contributed by atoms with Crippen molar-refractivity contribution in [2.45, 2.75) is 19.0 Å². The third kappa shape index (κ3) is 3.49. The molecule has 1 aromatic carbocycles. The molecule has 1 aromatic rings. The second kappa shape index (κ2) is 6.06. The van der Waals surface area contributed by atoms with Gasteiger partial charge in [0.25, 0.3) is 0 Å². The van der Waals surface area contributed by atoms with E-state index >= 15 is 0 Å². The Balaban J connectivity index is 2.75. The third-order valence-electron chi connectivity index (χ3n) is 2.34. The van der Waals surface area contributed by atoms with Crippen molar-refractivity contribution in [3.63, 3.8) is 0 Å². The maximum atomic E-state index is 13.4. The average Bonchev–Trinajstić information content (AvgIpc) is 2.28. The lowest BCUT2D eigenvalue weighted by atomic mass is 10.1. The minimum Gasteiger partial charge on any atom is -0.305 e. The zero-order valence-corrected chi connectivity index (χ0v) is 11.1. The van der Waals surface area contributed by atoms with E-state index in [4.69, 9.17) is 34.8 Å². The van der Waals surface area contributed by atoms with Crippen molar-refractivity contribution >= 4 is 34.8 Å². The molecule has 0 heterocycles. The van der Waals surface area contributed by atoms with Crippen LogP contribution >= 0.6 is 34.8 Å². The lowest BCUT2D eigenvalue weighted by Gasteiger charge is -2.26. The molecule has 0 amide bonds. The maximum absolute atomic E-state index is 13.4. The fourth-order valence-corrected chi connectivity index (χ4v) is 1.84. The van der Waals surface area contributed by atoms with Crippen LogP contribution in [0.15, 0.2) is 18.2 Å². The van der Waals surface area contributed by atoms with Crippen LogP contribution in [0.2, 0.25) is 5.02 Å². The summed E-state index contributed by atoms with van der Waals surface area (Å²) in [6.45, 7) is 2.18. The lowest BCUT2D eigenvalue weighted by molar-refractivity contribution is 0.428. The molecule has 1 rings (SSSR count). The molecular formula is C11H13Cl3FN. The van der Waals surface area contributed by atoms with Crippen LogP contribution in [0, 0.1) is 5.82 Å². The Morgan fingerprint density at radius 3 is 2.44 bits per heavy atom. The standard InChI is InChI=1S/C11H13Cl3FN/c1-11(6-12,7-13)16-5-8-9(14)3-2-4-10(8)15/h2-4,16H,5-7H2,1H3. The van der Waals surface area contributed by atoms with Gasteiger partial charge in [0.15, 0.2) is 0 Å². The Morgan fingerprint density at radius 2 is 1.94 bits per heavy atom. The van der Waals surface area contributed by atoms with Crippen molar-refractivity contribution < 1.29 is 4.39 Å². The number of alkyl halides is 2. The van der Waals surface area contributed by atoms with Crippen LogP contribution in [0.5, 0.6) is 0 Å². The van der Waals surface area contributed by atoms with Gasteiger partial charge in [-0.05, 0) is 19.1 Å². The monoisotopic (exact) mass is 283 g/mol. The summed E-state index contributed by atoms with van der Waals surface area (Å²) >= 11 is 17.5. The van der Waals surface area contributed by atoms with E-state index in [-0.39, 0.29) is 5.82 Å². The van der Waals surface area contributed by atoms with Crippen LogP contribution in [0.3, 0.4) is 0 Å². The number of rotatable bonds is 5. The molecule has 0 saturated carbocycles. The van der Waals surface area contributed by atoms with E-state index in [0.29, 0.717) is 28.9 Å². The van der Waals surface area contributed by atoms with Gasteiger partial charge < -0.3 is 5.32 Å². The molecular weight excluding hydrogens is 271 g/mol.